The third kappa shape index (κ3) is 4.91. The maximum absolute atomic E-state index is 4.60. The monoisotopic (exact) mass is 418 g/mol. The minimum Gasteiger partial charge on any atom is -0.343 e. The zero-order valence-corrected chi connectivity index (χ0v) is 18.9. The van der Waals surface area contributed by atoms with Crippen molar-refractivity contribution in [3.8, 4) is 11.1 Å². The van der Waals surface area contributed by atoms with Crippen LogP contribution >= 0.6 is 12.6 Å². The van der Waals surface area contributed by atoms with Crippen molar-refractivity contribution in [2.45, 2.75) is 4.67 Å². The number of hydrogen-bond donors (Lipinski definition) is 2. The Morgan fingerprint density at radius 3 is 2.60 bits per heavy atom. The molecule has 9 heteroatoms. The first-order chi connectivity index (χ1) is 14.3. The molecule has 1 N–H and O–H groups in total. The Balaban J connectivity index is 1.49. The number of fused-ring (bicyclic) bond motifs is 1. The van der Waals surface area contributed by atoms with Crippen molar-refractivity contribution in [3.63, 3.8) is 0 Å². The summed E-state index contributed by atoms with van der Waals surface area (Å²) in [7, 11) is 6.21. The highest BCUT2D eigenvalue weighted by atomic mass is 32.1. The number of hydrogen-bond acceptors (Lipinski definition) is 6. The molecule has 3 aromatic rings. The second kappa shape index (κ2) is 8.49. The molecule has 1 saturated heterocycles. The number of likely N-dealkylation sites (N-methyl/N-ethyl adjacent to an activating group) is 1. The van der Waals surface area contributed by atoms with Gasteiger partial charge in [-0.3, -0.25) is 9.58 Å². The average Bonchev–Trinajstić information content (AvgIpc) is 3.20. The molecule has 0 aliphatic carbocycles. The van der Waals surface area contributed by atoms with Crippen molar-refractivity contribution in [1.29, 1.82) is 0 Å². The largest absolute Gasteiger partial charge is 0.343 e. The van der Waals surface area contributed by atoms with E-state index in [0.29, 0.717) is 0 Å². The Hall–Kier alpha value is -2.22. The van der Waals surface area contributed by atoms with Crippen LogP contribution in [0.5, 0.6) is 0 Å². The maximum atomic E-state index is 4.60. The highest BCUT2D eigenvalue weighted by Crippen LogP contribution is 2.26. The van der Waals surface area contributed by atoms with Crippen LogP contribution in [0.2, 0.25) is 0 Å². The maximum Gasteiger partial charge on any atom is 0.139 e. The lowest BCUT2D eigenvalue weighted by atomic mass is 9.77. The van der Waals surface area contributed by atoms with Crippen LogP contribution in [0.15, 0.2) is 55.1 Å². The Labute approximate surface area is 185 Å². The number of nitrogens with one attached hydrogen (secondary N) is 1. The van der Waals surface area contributed by atoms with E-state index < -0.39 is 0 Å². The molecule has 1 fully saturated rings. The summed E-state index contributed by atoms with van der Waals surface area (Å²) in [4.78, 5) is 9.35. The SMILES string of the molecule is BC(B)(S)n1cc(-c2ccc3cnc(NC(=C)CN4CCN(C)CC4)cc3c2)cn1. The predicted octanol–water partition coefficient (Wildman–Crippen LogP) is 1.04. The molecule has 154 valence electrons. The summed E-state index contributed by atoms with van der Waals surface area (Å²) in [5, 5.41) is 10.1. The van der Waals surface area contributed by atoms with Crippen LogP contribution < -0.4 is 5.32 Å². The fourth-order valence-corrected chi connectivity index (χ4v) is 3.77. The van der Waals surface area contributed by atoms with Crippen molar-refractivity contribution < 1.29 is 0 Å². The molecule has 1 aliphatic heterocycles. The molecule has 30 heavy (non-hydrogen) atoms. The second-order valence-electron chi connectivity index (χ2n) is 8.61. The molecule has 0 radical (unpaired) electrons. The van der Waals surface area contributed by atoms with Crippen LogP contribution in [-0.4, -0.2) is 80.0 Å². The van der Waals surface area contributed by atoms with Gasteiger partial charge < -0.3 is 10.2 Å². The van der Waals surface area contributed by atoms with Crippen molar-refractivity contribution in [2.24, 2.45) is 0 Å². The third-order valence-electron chi connectivity index (χ3n) is 5.51. The van der Waals surface area contributed by atoms with E-state index in [4.69, 9.17) is 0 Å². The summed E-state index contributed by atoms with van der Waals surface area (Å²) in [6.07, 6.45) is 5.83. The molecule has 3 heterocycles. The number of nitrogens with zero attached hydrogens (tertiary/aromatic N) is 5. The highest BCUT2D eigenvalue weighted by Gasteiger charge is 2.16. The summed E-state index contributed by atoms with van der Waals surface area (Å²) in [6, 6.07) is 8.47. The Morgan fingerprint density at radius 2 is 1.90 bits per heavy atom. The molecular weight excluding hydrogens is 390 g/mol. The van der Waals surface area contributed by atoms with E-state index >= 15 is 0 Å². The van der Waals surface area contributed by atoms with Crippen molar-refractivity contribution >= 4 is 44.9 Å². The van der Waals surface area contributed by atoms with E-state index in [-0.39, 0.29) is 4.67 Å². The number of anilines is 1. The minimum atomic E-state index is -0.333. The molecule has 0 atom stereocenters. The van der Waals surface area contributed by atoms with E-state index in [2.05, 4.69) is 75.7 Å². The van der Waals surface area contributed by atoms with Crippen LogP contribution in [-0.2, 0) is 4.67 Å². The first kappa shape index (κ1) is 21.0. The van der Waals surface area contributed by atoms with Crippen LogP contribution in [0.25, 0.3) is 21.9 Å². The lowest BCUT2D eigenvalue weighted by molar-refractivity contribution is 0.164. The smallest absolute Gasteiger partial charge is 0.139 e. The van der Waals surface area contributed by atoms with Gasteiger partial charge in [0.15, 0.2) is 0 Å². The summed E-state index contributed by atoms with van der Waals surface area (Å²) >= 11 is 4.60. The number of rotatable bonds is 6. The second-order valence-corrected chi connectivity index (χ2v) is 9.70. The number of thiol groups is 1. The summed E-state index contributed by atoms with van der Waals surface area (Å²) < 4.78 is 1.54. The molecule has 2 aromatic heterocycles. The molecule has 1 aliphatic rings. The zero-order chi connectivity index (χ0) is 21.3. The van der Waals surface area contributed by atoms with Gasteiger partial charge in [0.2, 0.25) is 0 Å². The molecule has 1 aromatic carbocycles. The molecule has 0 amide bonds. The Morgan fingerprint density at radius 1 is 1.13 bits per heavy atom. The highest BCUT2D eigenvalue weighted by molar-refractivity contribution is 7.83. The van der Waals surface area contributed by atoms with Crippen LogP contribution in [0, 0.1) is 0 Å². The van der Waals surface area contributed by atoms with Gasteiger partial charge in [0.05, 0.1) is 6.20 Å². The van der Waals surface area contributed by atoms with E-state index in [1.165, 1.54) is 0 Å². The molecular formula is C21H28B2N6S. The van der Waals surface area contributed by atoms with Gasteiger partial charge in [-0.1, -0.05) is 18.7 Å². The minimum absolute atomic E-state index is 0.333. The van der Waals surface area contributed by atoms with Crippen molar-refractivity contribution in [2.75, 3.05) is 45.1 Å². The van der Waals surface area contributed by atoms with E-state index in [1.807, 2.05) is 39.0 Å². The van der Waals surface area contributed by atoms with E-state index in [1.54, 1.807) is 0 Å². The Bertz CT molecular complexity index is 1050. The molecule has 0 saturated carbocycles. The quantitative estimate of drug-likeness (QED) is 0.463. The van der Waals surface area contributed by atoms with Gasteiger partial charge in [-0.05, 0) is 30.1 Å². The number of piperazine rings is 1. The van der Waals surface area contributed by atoms with Gasteiger partial charge in [-0.15, -0.1) is 0 Å². The number of pyridine rings is 1. The van der Waals surface area contributed by atoms with Crippen molar-refractivity contribution in [1.82, 2.24) is 24.6 Å². The molecule has 0 unspecified atom stereocenters. The van der Waals surface area contributed by atoms with Crippen molar-refractivity contribution in [3.05, 3.63) is 55.1 Å². The molecule has 4 rings (SSSR count). The molecule has 6 nitrogen and oxygen atoms in total. The topological polar surface area (TPSA) is 49.2 Å². The standard InChI is InChI=1S/C21H28B2N6S/c1-15(13-28-7-5-27(2)6-8-28)26-20-10-18-9-16(3-4-17(18)11-24-20)19-12-25-29(14-19)21(22,23)30/h3-4,9-12,14,30H,1,5-8,13,22-23H2,2H3,(H,24,26). The van der Waals surface area contributed by atoms with E-state index in [9.17, 15) is 0 Å². The molecule has 0 spiro atoms. The van der Waals surface area contributed by atoms with Gasteiger partial charge >= 0.3 is 0 Å². The Kier molecular flexibility index (Phi) is 5.95. The lowest BCUT2D eigenvalue weighted by Crippen LogP contribution is -2.45. The van der Waals surface area contributed by atoms with Crippen LogP contribution in [0.3, 0.4) is 0 Å². The van der Waals surface area contributed by atoms with Gasteiger partial charge in [-0.2, -0.15) is 17.7 Å². The van der Waals surface area contributed by atoms with Crippen LogP contribution in [0.1, 0.15) is 0 Å². The molecule has 0 bridgehead atoms. The fourth-order valence-electron chi connectivity index (χ4n) is 3.66. The van der Waals surface area contributed by atoms with Gasteiger partial charge in [0, 0.05) is 66.4 Å². The van der Waals surface area contributed by atoms with E-state index in [0.717, 1.165) is 66.1 Å². The van der Waals surface area contributed by atoms with Gasteiger partial charge in [0.1, 0.15) is 21.5 Å². The number of aromatic nitrogens is 3. The summed E-state index contributed by atoms with van der Waals surface area (Å²) in [6.45, 7) is 9.40. The first-order valence-corrected chi connectivity index (χ1v) is 10.8. The van der Waals surface area contributed by atoms with Gasteiger partial charge in [-0.25, -0.2) is 4.98 Å². The fraction of sp³-hybridized carbons (Fsp3) is 0.333. The first-order valence-electron chi connectivity index (χ1n) is 10.3. The van der Waals surface area contributed by atoms with Gasteiger partial charge in [0.25, 0.3) is 0 Å². The van der Waals surface area contributed by atoms with Crippen LogP contribution in [0.4, 0.5) is 5.82 Å². The third-order valence-corrected chi connectivity index (χ3v) is 5.72. The lowest BCUT2D eigenvalue weighted by Gasteiger charge is -2.32. The predicted molar refractivity (Wildman–Crippen MR) is 134 cm³/mol. The number of benzene rings is 1. The normalized spacial score (nSPS) is 16.1. The average molecular weight is 418 g/mol. The summed E-state index contributed by atoms with van der Waals surface area (Å²) in [5.41, 5.74) is 3.17. The summed E-state index contributed by atoms with van der Waals surface area (Å²) in [5.74, 6) is 0.825. The zero-order valence-electron chi connectivity index (χ0n) is 18.0.